The molecule has 0 aliphatic carbocycles. The van der Waals surface area contributed by atoms with E-state index >= 15 is 0 Å². The minimum absolute atomic E-state index is 1.14. The molecule has 0 amide bonds. The van der Waals surface area contributed by atoms with Crippen LogP contribution in [0.25, 0.3) is 0 Å². The fourth-order valence-corrected chi connectivity index (χ4v) is 5.07. The Morgan fingerprint density at radius 2 is 1.00 bits per heavy atom. The molecular formula is C17H22P2. The maximum Gasteiger partial charge on any atom is -0.0175 e. The summed E-state index contributed by atoms with van der Waals surface area (Å²) in [5.41, 5.74) is 2.98. The number of rotatable bonds is 8. The van der Waals surface area contributed by atoms with Gasteiger partial charge in [0.2, 0.25) is 0 Å². The third-order valence-corrected chi connectivity index (χ3v) is 6.32. The first-order valence-corrected chi connectivity index (χ1v) is 9.77. The summed E-state index contributed by atoms with van der Waals surface area (Å²) >= 11 is 0. The monoisotopic (exact) mass is 288 g/mol. The summed E-state index contributed by atoms with van der Waals surface area (Å²) in [6.07, 6.45) is 5.23. The van der Waals surface area contributed by atoms with Crippen LogP contribution >= 0.6 is 17.2 Å². The zero-order valence-electron chi connectivity index (χ0n) is 11.3. The Morgan fingerprint density at radius 1 is 0.579 bits per heavy atom. The van der Waals surface area contributed by atoms with Gasteiger partial charge in [-0.1, -0.05) is 60.7 Å². The lowest BCUT2D eigenvalue weighted by molar-refractivity contribution is 1.15. The fraction of sp³-hybridized carbons (Fsp3) is 0.294. The Bertz CT molecular complexity index is 396. The fourth-order valence-electron chi connectivity index (χ4n) is 2.02. The van der Waals surface area contributed by atoms with Crippen molar-refractivity contribution in [3.8, 4) is 0 Å². The second kappa shape index (κ2) is 9.24. The maximum atomic E-state index is 2.24. The van der Waals surface area contributed by atoms with Gasteiger partial charge in [-0.25, -0.2) is 0 Å². The first-order chi connectivity index (χ1) is 9.45. The van der Waals surface area contributed by atoms with E-state index in [2.05, 4.69) is 60.7 Å². The van der Waals surface area contributed by atoms with Crippen LogP contribution in [0, 0.1) is 0 Å². The summed E-state index contributed by atoms with van der Waals surface area (Å²) in [6, 6.07) is 21.7. The Kier molecular flexibility index (Phi) is 7.15. The van der Waals surface area contributed by atoms with Gasteiger partial charge >= 0.3 is 0 Å². The van der Waals surface area contributed by atoms with E-state index in [1.165, 1.54) is 42.2 Å². The maximum absolute atomic E-state index is 2.24. The van der Waals surface area contributed by atoms with Crippen molar-refractivity contribution in [3.05, 3.63) is 71.8 Å². The molecule has 0 aliphatic rings. The standard InChI is InChI=1S/C17H22P2/c1-3-7-16(8-4-1)11-13-18-15-19-14-12-17-9-5-2-6-10-17/h1-10,18-19H,11-15H2. The van der Waals surface area contributed by atoms with E-state index in [9.17, 15) is 0 Å². The molecule has 0 saturated heterocycles. The summed E-state index contributed by atoms with van der Waals surface area (Å²) in [6.45, 7) is 0. The molecule has 2 aromatic carbocycles. The second-order valence-corrected chi connectivity index (χ2v) is 8.06. The molecule has 2 aromatic rings. The molecule has 0 aromatic heterocycles. The van der Waals surface area contributed by atoms with Gasteiger partial charge in [0.25, 0.3) is 0 Å². The molecule has 0 fully saturated rings. The molecule has 0 saturated carbocycles. The van der Waals surface area contributed by atoms with Gasteiger partial charge in [-0.05, 0) is 42.2 Å². The summed E-state index contributed by atoms with van der Waals surface area (Å²) in [7, 11) is 2.28. The Morgan fingerprint density at radius 3 is 1.42 bits per heavy atom. The highest BCUT2D eigenvalue weighted by Crippen LogP contribution is 2.25. The molecule has 0 N–H and O–H groups in total. The van der Waals surface area contributed by atoms with Crippen LogP contribution in [0.4, 0.5) is 0 Å². The lowest BCUT2D eigenvalue weighted by atomic mass is 10.2. The molecule has 2 unspecified atom stereocenters. The summed E-state index contributed by atoms with van der Waals surface area (Å²) in [5, 5.41) is 0. The van der Waals surface area contributed by atoms with Gasteiger partial charge in [-0.15, -0.1) is 17.2 Å². The van der Waals surface area contributed by atoms with E-state index in [0.717, 1.165) is 17.2 Å². The first-order valence-electron chi connectivity index (χ1n) is 6.94. The predicted octanol–water partition coefficient (Wildman–Crippen LogP) is 4.79. The number of hydrogen-bond acceptors (Lipinski definition) is 0. The number of benzene rings is 2. The van der Waals surface area contributed by atoms with Gasteiger partial charge in [0.1, 0.15) is 0 Å². The highest BCUT2D eigenvalue weighted by atomic mass is 31.1. The normalized spacial score (nSPS) is 11.8. The molecule has 0 nitrogen and oxygen atoms in total. The second-order valence-electron chi connectivity index (χ2n) is 4.65. The highest BCUT2D eigenvalue weighted by molar-refractivity contribution is 7.56. The van der Waals surface area contributed by atoms with Crippen LogP contribution in [0.2, 0.25) is 0 Å². The van der Waals surface area contributed by atoms with Crippen molar-refractivity contribution in [1.29, 1.82) is 0 Å². The van der Waals surface area contributed by atoms with Gasteiger partial charge in [-0.3, -0.25) is 0 Å². The third kappa shape index (κ3) is 6.33. The van der Waals surface area contributed by atoms with E-state index in [0.29, 0.717) is 0 Å². The van der Waals surface area contributed by atoms with Crippen LogP contribution in [0.15, 0.2) is 60.7 Å². The van der Waals surface area contributed by atoms with Gasteiger partial charge in [-0.2, -0.15) is 0 Å². The summed E-state index contributed by atoms with van der Waals surface area (Å²) < 4.78 is 0. The first kappa shape index (κ1) is 14.7. The van der Waals surface area contributed by atoms with E-state index in [4.69, 9.17) is 0 Å². The van der Waals surface area contributed by atoms with E-state index < -0.39 is 0 Å². The molecule has 0 bridgehead atoms. The molecule has 2 atom stereocenters. The summed E-state index contributed by atoms with van der Waals surface area (Å²) in [4.78, 5) is 0. The number of aryl methyl sites for hydroxylation is 2. The SMILES string of the molecule is c1ccc(CCPCPCCc2ccccc2)cc1. The Balaban J connectivity index is 1.49. The van der Waals surface area contributed by atoms with Crippen molar-refractivity contribution in [2.75, 3.05) is 18.2 Å². The van der Waals surface area contributed by atoms with Crippen LogP contribution in [-0.4, -0.2) is 18.2 Å². The van der Waals surface area contributed by atoms with Crippen LogP contribution in [0.5, 0.6) is 0 Å². The zero-order valence-corrected chi connectivity index (χ0v) is 13.3. The zero-order chi connectivity index (χ0) is 13.2. The average Bonchev–Trinajstić information content (AvgIpc) is 2.48. The lowest BCUT2D eigenvalue weighted by Crippen LogP contribution is -1.88. The summed E-state index contributed by atoms with van der Waals surface area (Å²) in [5.74, 6) is 1.43. The Hall–Kier alpha value is -0.700. The topological polar surface area (TPSA) is 0 Å². The molecule has 2 heteroatoms. The number of hydrogen-bond donors (Lipinski definition) is 0. The van der Waals surface area contributed by atoms with Crippen molar-refractivity contribution in [3.63, 3.8) is 0 Å². The van der Waals surface area contributed by atoms with Crippen LogP contribution in [-0.2, 0) is 12.8 Å². The van der Waals surface area contributed by atoms with E-state index in [1.807, 2.05) is 0 Å². The average molecular weight is 288 g/mol. The predicted molar refractivity (Wildman–Crippen MR) is 91.5 cm³/mol. The third-order valence-electron chi connectivity index (χ3n) is 3.12. The van der Waals surface area contributed by atoms with E-state index in [-0.39, 0.29) is 0 Å². The minimum Gasteiger partial charge on any atom is -0.118 e. The molecule has 100 valence electrons. The Labute approximate surface area is 120 Å². The molecule has 0 aliphatic heterocycles. The van der Waals surface area contributed by atoms with Gasteiger partial charge in [0, 0.05) is 0 Å². The minimum atomic E-state index is 1.14. The molecule has 2 rings (SSSR count). The van der Waals surface area contributed by atoms with Gasteiger partial charge < -0.3 is 0 Å². The lowest BCUT2D eigenvalue weighted by Gasteiger charge is -2.03. The smallest absolute Gasteiger partial charge is 0.0175 e. The molecular weight excluding hydrogens is 266 g/mol. The highest BCUT2D eigenvalue weighted by Gasteiger charge is 1.94. The van der Waals surface area contributed by atoms with Crippen molar-refractivity contribution in [1.82, 2.24) is 0 Å². The largest absolute Gasteiger partial charge is 0.118 e. The van der Waals surface area contributed by atoms with Gasteiger partial charge in [0.05, 0.1) is 0 Å². The van der Waals surface area contributed by atoms with Crippen LogP contribution in [0.1, 0.15) is 11.1 Å². The molecule has 0 heterocycles. The van der Waals surface area contributed by atoms with Crippen molar-refractivity contribution in [2.24, 2.45) is 0 Å². The quantitative estimate of drug-likeness (QED) is 0.484. The molecule has 0 spiro atoms. The molecule has 19 heavy (non-hydrogen) atoms. The molecule has 0 radical (unpaired) electrons. The van der Waals surface area contributed by atoms with Crippen molar-refractivity contribution >= 4 is 17.2 Å². The van der Waals surface area contributed by atoms with Crippen molar-refractivity contribution in [2.45, 2.75) is 12.8 Å². The van der Waals surface area contributed by atoms with E-state index in [1.54, 1.807) is 0 Å². The van der Waals surface area contributed by atoms with Gasteiger partial charge in [0.15, 0.2) is 0 Å². The van der Waals surface area contributed by atoms with Crippen LogP contribution < -0.4 is 0 Å². The van der Waals surface area contributed by atoms with Crippen molar-refractivity contribution < 1.29 is 0 Å². The van der Waals surface area contributed by atoms with Crippen LogP contribution in [0.3, 0.4) is 0 Å².